The van der Waals surface area contributed by atoms with E-state index < -0.39 is 0 Å². The van der Waals surface area contributed by atoms with E-state index in [9.17, 15) is 0 Å². The maximum absolute atomic E-state index is 5.13. The molecule has 1 aliphatic heterocycles. The van der Waals surface area contributed by atoms with Crippen molar-refractivity contribution in [3.05, 3.63) is 0 Å². The number of ether oxygens (including phenoxy) is 1. The first-order valence-corrected chi connectivity index (χ1v) is 3.67. The molecule has 1 fully saturated rings. The van der Waals surface area contributed by atoms with Gasteiger partial charge in [-0.25, -0.2) is 4.31 Å². The van der Waals surface area contributed by atoms with Gasteiger partial charge in [0.1, 0.15) is 6.23 Å². The molecule has 0 aromatic rings. The van der Waals surface area contributed by atoms with Crippen molar-refractivity contribution in [1.29, 1.82) is 0 Å². The molecule has 1 rings (SSSR count). The van der Waals surface area contributed by atoms with E-state index in [4.69, 9.17) is 4.74 Å². The number of hydrogen-bond donors (Lipinski definition) is 0. The van der Waals surface area contributed by atoms with Crippen LogP contribution in [0.25, 0.3) is 0 Å². The fourth-order valence-corrected chi connectivity index (χ4v) is 1.78. The Morgan fingerprint density at radius 1 is 1.75 bits per heavy atom. The average Bonchev–Trinajstić information content (AvgIpc) is 2.14. The van der Waals surface area contributed by atoms with Gasteiger partial charge < -0.3 is 4.74 Å². The van der Waals surface area contributed by atoms with Crippen molar-refractivity contribution in [3.63, 3.8) is 0 Å². The Balaban J connectivity index is 2.30. The normalized spacial score (nSPS) is 31.5. The molecule has 1 atom stereocenters. The van der Waals surface area contributed by atoms with Gasteiger partial charge in [-0.3, -0.25) is 0 Å². The predicted octanol–water partition coefficient (Wildman–Crippen LogP) is 0.943. The zero-order valence-corrected chi connectivity index (χ0v) is 6.07. The van der Waals surface area contributed by atoms with Crippen LogP contribution >= 0.6 is 11.9 Å². The third kappa shape index (κ3) is 1.16. The molecule has 2 nitrogen and oxygen atoms in total. The standard InChI is InChI=1S/C5H11NOS/c1-6-5(7-2)3-4-8-6/h5H,3-4H2,1-2H3. The fraction of sp³-hybridized carbons (Fsp3) is 1.00. The molecule has 0 spiro atoms. The second-order valence-electron chi connectivity index (χ2n) is 1.86. The van der Waals surface area contributed by atoms with E-state index >= 15 is 0 Å². The van der Waals surface area contributed by atoms with Crippen molar-refractivity contribution >= 4 is 11.9 Å². The summed E-state index contributed by atoms with van der Waals surface area (Å²) >= 11 is 1.84. The maximum atomic E-state index is 5.13. The summed E-state index contributed by atoms with van der Waals surface area (Å²) in [6, 6.07) is 0. The number of nitrogens with zero attached hydrogens (tertiary/aromatic N) is 1. The minimum absolute atomic E-state index is 0.361. The Morgan fingerprint density at radius 2 is 2.50 bits per heavy atom. The van der Waals surface area contributed by atoms with Gasteiger partial charge in [0.2, 0.25) is 0 Å². The molecule has 0 bridgehead atoms. The fourth-order valence-electron chi connectivity index (χ4n) is 0.829. The summed E-state index contributed by atoms with van der Waals surface area (Å²) in [5.41, 5.74) is 0. The van der Waals surface area contributed by atoms with Crippen LogP contribution in [0.15, 0.2) is 0 Å². The quantitative estimate of drug-likeness (QED) is 0.494. The first kappa shape index (κ1) is 6.39. The molecule has 1 saturated heterocycles. The van der Waals surface area contributed by atoms with Crippen LogP contribution in [-0.4, -0.2) is 30.4 Å². The molecule has 1 aliphatic rings. The van der Waals surface area contributed by atoms with Gasteiger partial charge in [-0.2, -0.15) is 0 Å². The second kappa shape index (κ2) is 2.71. The highest BCUT2D eigenvalue weighted by Gasteiger charge is 2.20. The molecular weight excluding hydrogens is 122 g/mol. The van der Waals surface area contributed by atoms with Crippen molar-refractivity contribution in [2.45, 2.75) is 12.6 Å². The minimum atomic E-state index is 0.361. The molecular formula is C5H11NOS. The van der Waals surface area contributed by atoms with Crippen LogP contribution in [0.1, 0.15) is 6.42 Å². The van der Waals surface area contributed by atoms with E-state index in [0.29, 0.717) is 6.23 Å². The highest BCUT2D eigenvalue weighted by atomic mass is 32.2. The topological polar surface area (TPSA) is 12.5 Å². The third-order valence-corrected chi connectivity index (χ3v) is 2.40. The van der Waals surface area contributed by atoms with Crippen LogP contribution in [-0.2, 0) is 4.74 Å². The van der Waals surface area contributed by atoms with E-state index in [0.717, 1.165) is 6.42 Å². The van der Waals surface area contributed by atoms with Crippen LogP contribution in [0.2, 0.25) is 0 Å². The van der Waals surface area contributed by atoms with Crippen LogP contribution in [0.5, 0.6) is 0 Å². The Bertz CT molecular complexity index is 78.8. The molecule has 48 valence electrons. The first-order chi connectivity index (χ1) is 3.84. The summed E-state index contributed by atoms with van der Waals surface area (Å²) in [4.78, 5) is 0. The van der Waals surface area contributed by atoms with Gasteiger partial charge in [0, 0.05) is 19.9 Å². The molecule has 0 amide bonds. The Hall–Kier alpha value is 0.270. The van der Waals surface area contributed by atoms with Gasteiger partial charge in [-0.05, 0) is 6.42 Å². The van der Waals surface area contributed by atoms with Crippen LogP contribution in [0.3, 0.4) is 0 Å². The lowest BCUT2D eigenvalue weighted by Gasteiger charge is -2.14. The maximum Gasteiger partial charge on any atom is 0.119 e. The van der Waals surface area contributed by atoms with E-state index in [2.05, 4.69) is 11.4 Å². The van der Waals surface area contributed by atoms with Gasteiger partial charge in [0.15, 0.2) is 0 Å². The van der Waals surface area contributed by atoms with Crippen LogP contribution in [0.4, 0.5) is 0 Å². The number of rotatable bonds is 1. The van der Waals surface area contributed by atoms with Crippen molar-refractivity contribution in [2.24, 2.45) is 0 Å². The lowest BCUT2D eigenvalue weighted by Crippen LogP contribution is -2.21. The zero-order chi connectivity index (χ0) is 5.98. The molecule has 0 aromatic heterocycles. The molecule has 3 heteroatoms. The molecule has 8 heavy (non-hydrogen) atoms. The number of methoxy groups -OCH3 is 1. The summed E-state index contributed by atoms with van der Waals surface area (Å²) < 4.78 is 7.28. The summed E-state index contributed by atoms with van der Waals surface area (Å²) in [6.07, 6.45) is 1.53. The van der Waals surface area contributed by atoms with E-state index in [1.807, 2.05) is 11.9 Å². The Labute approximate surface area is 54.3 Å². The van der Waals surface area contributed by atoms with Gasteiger partial charge in [-0.1, -0.05) is 11.9 Å². The molecule has 0 aromatic carbocycles. The Morgan fingerprint density at radius 3 is 2.75 bits per heavy atom. The van der Waals surface area contributed by atoms with Gasteiger partial charge in [0.05, 0.1) is 0 Å². The van der Waals surface area contributed by atoms with Gasteiger partial charge >= 0.3 is 0 Å². The third-order valence-electron chi connectivity index (χ3n) is 1.34. The Kier molecular flexibility index (Phi) is 2.16. The van der Waals surface area contributed by atoms with Gasteiger partial charge in [-0.15, -0.1) is 0 Å². The summed E-state index contributed by atoms with van der Waals surface area (Å²) in [5, 5.41) is 0. The highest BCUT2D eigenvalue weighted by Crippen LogP contribution is 2.23. The lowest BCUT2D eigenvalue weighted by molar-refractivity contribution is 0.0393. The highest BCUT2D eigenvalue weighted by molar-refractivity contribution is 7.97. The van der Waals surface area contributed by atoms with Crippen molar-refractivity contribution in [1.82, 2.24) is 4.31 Å². The molecule has 1 heterocycles. The smallest absolute Gasteiger partial charge is 0.119 e. The lowest BCUT2D eigenvalue weighted by atomic mass is 10.4. The predicted molar refractivity (Wildman–Crippen MR) is 35.6 cm³/mol. The van der Waals surface area contributed by atoms with E-state index in [1.165, 1.54) is 5.75 Å². The van der Waals surface area contributed by atoms with Crippen LogP contribution < -0.4 is 0 Å². The molecule has 1 unspecified atom stereocenters. The molecule has 0 aliphatic carbocycles. The largest absolute Gasteiger partial charge is 0.366 e. The summed E-state index contributed by atoms with van der Waals surface area (Å²) in [5.74, 6) is 1.20. The summed E-state index contributed by atoms with van der Waals surface area (Å²) in [6.45, 7) is 0. The second-order valence-corrected chi connectivity index (χ2v) is 3.10. The summed E-state index contributed by atoms with van der Waals surface area (Å²) in [7, 11) is 3.82. The first-order valence-electron chi connectivity index (χ1n) is 2.73. The SMILES string of the molecule is COC1CCSN1C. The minimum Gasteiger partial charge on any atom is -0.366 e. The van der Waals surface area contributed by atoms with Crippen LogP contribution in [0, 0.1) is 0 Å². The van der Waals surface area contributed by atoms with Crippen molar-refractivity contribution < 1.29 is 4.74 Å². The van der Waals surface area contributed by atoms with Gasteiger partial charge in [0.25, 0.3) is 0 Å². The number of hydrogen-bond acceptors (Lipinski definition) is 3. The average molecular weight is 133 g/mol. The van der Waals surface area contributed by atoms with E-state index in [1.54, 1.807) is 7.11 Å². The van der Waals surface area contributed by atoms with Crippen molar-refractivity contribution in [3.8, 4) is 0 Å². The molecule has 0 saturated carbocycles. The van der Waals surface area contributed by atoms with Crippen molar-refractivity contribution in [2.75, 3.05) is 19.9 Å². The zero-order valence-electron chi connectivity index (χ0n) is 5.26. The molecule has 0 radical (unpaired) electrons. The molecule has 0 N–H and O–H groups in total. The monoisotopic (exact) mass is 133 g/mol. The van der Waals surface area contributed by atoms with E-state index in [-0.39, 0.29) is 0 Å².